The number of allylic oxidation sites excluding steroid dienone is 4. The summed E-state index contributed by atoms with van der Waals surface area (Å²) in [6, 6.07) is 0. The van der Waals surface area contributed by atoms with Gasteiger partial charge in [-0.2, -0.15) is 0 Å². The van der Waals surface area contributed by atoms with Crippen LogP contribution >= 0.6 is 0 Å². The van der Waals surface area contributed by atoms with Crippen LogP contribution in [0.15, 0.2) is 35.5 Å². The first-order chi connectivity index (χ1) is 4.99. The number of nitrogens with two attached hydrogens (primary N) is 1. The van der Waals surface area contributed by atoms with E-state index < -0.39 is 0 Å². The maximum absolute atomic E-state index is 5.93. The molecular weight excluding hydrogens is 134 g/mol. The Labute approximate surface area is 68.3 Å². The van der Waals surface area contributed by atoms with Gasteiger partial charge in [-0.25, -0.2) is 0 Å². The minimum atomic E-state index is -0.279. The molecule has 1 unspecified atom stereocenters. The lowest BCUT2D eigenvalue weighted by Crippen LogP contribution is -2.30. The predicted molar refractivity (Wildman–Crippen MR) is 49.2 cm³/mol. The summed E-state index contributed by atoms with van der Waals surface area (Å²) in [6.07, 6.45) is 8.29. The Morgan fingerprint density at radius 1 is 1.27 bits per heavy atom. The molecule has 0 radical (unpaired) electrons. The summed E-state index contributed by atoms with van der Waals surface area (Å²) in [7, 11) is 0. The lowest BCUT2D eigenvalue weighted by atomic mass is 10.0. The van der Waals surface area contributed by atoms with Crippen LogP contribution in [0.5, 0.6) is 0 Å². The average Bonchev–Trinajstić information content (AvgIpc) is 1.90. The Morgan fingerprint density at radius 2 is 1.91 bits per heavy atom. The van der Waals surface area contributed by atoms with Crippen LogP contribution in [0.3, 0.4) is 0 Å². The summed E-state index contributed by atoms with van der Waals surface area (Å²) >= 11 is 0. The zero-order valence-corrected chi connectivity index (χ0v) is 7.39. The highest BCUT2D eigenvalue weighted by Crippen LogP contribution is 2.15. The van der Waals surface area contributed by atoms with Crippen molar-refractivity contribution in [3.8, 4) is 0 Å². The highest BCUT2D eigenvalue weighted by molar-refractivity contribution is 5.36. The Bertz CT molecular complexity index is 242. The first-order valence-corrected chi connectivity index (χ1v) is 3.85. The maximum Gasteiger partial charge on any atom is 0.0505 e. The van der Waals surface area contributed by atoms with Crippen molar-refractivity contribution in [2.24, 2.45) is 5.73 Å². The second-order valence-corrected chi connectivity index (χ2v) is 3.48. The van der Waals surface area contributed by atoms with E-state index >= 15 is 0 Å². The van der Waals surface area contributed by atoms with Gasteiger partial charge in [-0.3, -0.25) is 0 Å². The molecule has 1 aliphatic rings. The molecule has 0 aliphatic heterocycles. The molecule has 1 atom stereocenters. The quantitative estimate of drug-likeness (QED) is 0.561. The van der Waals surface area contributed by atoms with Crippen molar-refractivity contribution in [3.63, 3.8) is 0 Å². The van der Waals surface area contributed by atoms with E-state index in [4.69, 9.17) is 5.73 Å². The van der Waals surface area contributed by atoms with Gasteiger partial charge in [0.15, 0.2) is 0 Å². The van der Waals surface area contributed by atoms with E-state index in [1.165, 1.54) is 11.1 Å². The van der Waals surface area contributed by atoms with Gasteiger partial charge in [-0.05, 0) is 20.8 Å². The van der Waals surface area contributed by atoms with Crippen molar-refractivity contribution in [1.82, 2.24) is 0 Å². The molecule has 0 saturated heterocycles. The molecule has 1 rings (SSSR count). The summed E-state index contributed by atoms with van der Waals surface area (Å²) in [6.45, 7) is 6.15. The molecule has 1 nitrogen and oxygen atoms in total. The Balaban J connectivity index is 3.02. The van der Waals surface area contributed by atoms with Gasteiger partial charge in [-0.15, -0.1) is 0 Å². The van der Waals surface area contributed by atoms with Gasteiger partial charge in [0, 0.05) is 0 Å². The lowest BCUT2D eigenvalue weighted by molar-refractivity contribution is 0.731. The second-order valence-electron chi connectivity index (χ2n) is 3.48. The molecular formula is C10H15N. The second kappa shape index (κ2) is 2.67. The minimum Gasteiger partial charge on any atom is -0.319 e. The molecule has 0 spiro atoms. The summed E-state index contributed by atoms with van der Waals surface area (Å²) < 4.78 is 0. The fourth-order valence-electron chi connectivity index (χ4n) is 1.30. The minimum absolute atomic E-state index is 0.279. The SMILES string of the molecule is CC1=CC(C)=CC(C)(N)C=C1. The molecule has 0 aromatic carbocycles. The Hall–Kier alpha value is -0.820. The number of hydrogen-bond donors (Lipinski definition) is 1. The van der Waals surface area contributed by atoms with Crippen molar-refractivity contribution < 1.29 is 0 Å². The third-order valence-electron chi connectivity index (χ3n) is 1.70. The van der Waals surface area contributed by atoms with Crippen molar-refractivity contribution in [2.45, 2.75) is 26.3 Å². The average molecular weight is 149 g/mol. The van der Waals surface area contributed by atoms with Crippen LogP contribution < -0.4 is 5.73 Å². The van der Waals surface area contributed by atoms with E-state index in [0.29, 0.717) is 0 Å². The molecule has 11 heavy (non-hydrogen) atoms. The van der Waals surface area contributed by atoms with Crippen molar-refractivity contribution in [1.29, 1.82) is 0 Å². The summed E-state index contributed by atoms with van der Waals surface area (Å²) in [5.74, 6) is 0. The third-order valence-corrected chi connectivity index (χ3v) is 1.70. The van der Waals surface area contributed by atoms with Crippen LogP contribution in [0.25, 0.3) is 0 Å². The van der Waals surface area contributed by atoms with E-state index in [-0.39, 0.29) is 5.54 Å². The monoisotopic (exact) mass is 149 g/mol. The molecule has 0 amide bonds. The standard InChI is InChI=1S/C10H15N/c1-8-4-5-10(3,11)7-9(2)6-8/h4-7H,11H2,1-3H3. The van der Waals surface area contributed by atoms with Gasteiger partial charge >= 0.3 is 0 Å². The Morgan fingerprint density at radius 3 is 2.55 bits per heavy atom. The van der Waals surface area contributed by atoms with Crippen LogP contribution in [0.2, 0.25) is 0 Å². The summed E-state index contributed by atoms with van der Waals surface area (Å²) in [5, 5.41) is 0. The largest absolute Gasteiger partial charge is 0.319 e. The van der Waals surface area contributed by atoms with Gasteiger partial charge < -0.3 is 5.73 Å². The van der Waals surface area contributed by atoms with Gasteiger partial charge in [0.1, 0.15) is 0 Å². The topological polar surface area (TPSA) is 26.0 Å². The molecule has 0 bridgehead atoms. The van der Waals surface area contributed by atoms with Crippen LogP contribution in [0.4, 0.5) is 0 Å². The Kier molecular flexibility index (Phi) is 2.01. The molecule has 60 valence electrons. The summed E-state index contributed by atoms with van der Waals surface area (Å²) in [4.78, 5) is 0. The predicted octanol–water partition coefficient (Wildman–Crippen LogP) is 2.17. The molecule has 0 aromatic heterocycles. The zero-order valence-electron chi connectivity index (χ0n) is 7.39. The molecule has 2 N–H and O–H groups in total. The van der Waals surface area contributed by atoms with E-state index in [9.17, 15) is 0 Å². The first kappa shape index (κ1) is 8.28. The fourth-order valence-corrected chi connectivity index (χ4v) is 1.30. The van der Waals surface area contributed by atoms with Gasteiger partial charge in [0.25, 0.3) is 0 Å². The highest BCUT2D eigenvalue weighted by atomic mass is 14.7. The van der Waals surface area contributed by atoms with E-state index in [1.54, 1.807) is 0 Å². The zero-order chi connectivity index (χ0) is 8.48. The lowest BCUT2D eigenvalue weighted by Gasteiger charge is -2.14. The molecule has 0 heterocycles. The van der Waals surface area contributed by atoms with E-state index in [0.717, 1.165) is 0 Å². The molecule has 1 aliphatic carbocycles. The molecule has 0 saturated carbocycles. The fraction of sp³-hybridized carbons (Fsp3) is 0.400. The van der Waals surface area contributed by atoms with Crippen molar-refractivity contribution in [2.75, 3.05) is 0 Å². The van der Waals surface area contributed by atoms with Crippen molar-refractivity contribution >= 4 is 0 Å². The van der Waals surface area contributed by atoms with Gasteiger partial charge in [-0.1, -0.05) is 35.5 Å². The summed E-state index contributed by atoms with van der Waals surface area (Å²) in [5.41, 5.74) is 8.15. The van der Waals surface area contributed by atoms with Crippen LogP contribution in [-0.4, -0.2) is 5.54 Å². The molecule has 0 aromatic rings. The van der Waals surface area contributed by atoms with Crippen LogP contribution in [0.1, 0.15) is 20.8 Å². The van der Waals surface area contributed by atoms with Crippen molar-refractivity contribution in [3.05, 3.63) is 35.5 Å². The molecule has 1 heteroatoms. The third kappa shape index (κ3) is 2.35. The number of rotatable bonds is 0. The van der Waals surface area contributed by atoms with E-state index in [1.807, 2.05) is 13.0 Å². The number of hydrogen-bond acceptors (Lipinski definition) is 1. The van der Waals surface area contributed by atoms with Crippen LogP contribution in [0, 0.1) is 0 Å². The van der Waals surface area contributed by atoms with Gasteiger partial charge in [0.2, 0.25) is 0 Å². The van der Waals surface area contributed by atoms with E-state index in [2.05, 4.69) is 32.1 Å². The van der Waals surface area contributed by atoms with Gasteiger partial charge in [0.05, 0.1) is 5.54 Å². The maximum atomic E-state index is 5.93. The normalized spacial score (nSPS) is 30.9. The first-order valence-electron chi connectivity index (χ1n) is 3.85. The molecule has 0 fully saturated rings. The highest BCUT2D eigenvalue weighted by Gasteiger charge is 2.11. The van der Waals surface area contributed by atoms with Crippen LogP contribution in [-0.2, 0) is 0 Å². The smallest absolute Gasteiger partial charge is 0.0505 e.